The van der Waals surface area contributed by atoms with Crippen LogP contribution in [0.2, 0.25) is 0 Å². The molecule has 0 heterocycles. The van der Waals surface area contributed by atoms with Crippen molar-refractivity contribution in [2.45, 2.75) is 5.41 Å². The van der Waals surface area contributed by atoms with Crippen LogP contribution in [0.5, 0.6) is 0 Å². The van der Waals surface area contributed by atoms with Gasteiger partial charge in [0.15, 0.2) is 0 Å². The summed E-state index contributed by atoms with van der Waals surface area (Å²) in [5.41, 5.74) is 20.1. The van der Waals surface area contributed by atoms with Crippen molar-refractivity contribution in [1.29, 1.82) is 0 Å². The van der Waals surface area contributed by atoms with E-state index in [4.69, 9.17) is 0 Å². The Morgan fingerprint density at radius 1 is 0.230 bits per heavy atom. The molecule has 1 spiro atoms. The van der Waals surface area contributed by atoms with Crippen LogP contribution in [0.25, 0.3) is 99.1 Å². The lowest BCUT2D eigenvalue weighted by Gasteiger charge is -2.32. The Balaban J connectivity index is 1.12. The minimum atomic E-state index is -0.540. The lowest BCUT2D eigenvalue weighted by molar-refractivity contribution is 0.802. The Hall–Kier alpha value is -7.80. The van der Waals surface area contributed by atoms with Gasteiger partial charge in [-0.2, -0.15) is 0 Å². The predicted molar refractivity (Wildman–Crippen MR) is 257 cm³/mol. The molecule has 0 N–H and O–H groups in total. The van der Waals surface area contributed by atoms with Gasteiger partial charge in [0.1, 0.15) is 0 Å². The van der Waals surface area contributed by atoms with E-state index in [9.17, 15) is 0 Å². The minimum absolute atomic E-state index is 0.540. The number of fused-ring (bicyclic) bond motifs is 17. The second kappa shape index (κ2) is 13.1. The van der Waals surface area contributed by atoms with Gasteiger partial charge in [-0.15, -0.1) is 0 Å². The number of hydrogen-bond donors (Lipinski definition) is 0. The van der Waals surface area contributed by atoms with E-state index in [1.54, 1.807) is 0 Å². The van der Waals surface area contributed by atoms with Crippen molar-refractivity contribution >= 4 is 32.3 Å². The molecule has 11 aromatic carbocycles. The van der Waals surface area contributed by atoms with Gasteiger partial charge >= 0.3 is 0 Å². The third-order valence-electron chi connectivity index (χ3n) is 13.7. The van der Waals surface area contributed by atoms with Crippen molar-refractivity contribution in [2.24, 2.45) is 0 Å². The molecule has 0 radical (unpaired) electrons. The first-order valence-electron chi connectivity index (χ1n) is 21.3. The number of hydrogen-bond acceptors (Lipinski definition) is 0. The first-order chi connectivity index (χ1) is 30.3. The van der Waals surface area contributed by atoms with E-state index in [0.29, 0.717) is 0 Å². The molecule has 0 heteroatoms. The molecule has 0 aliphatic heterocycles. The average Bonchev–Trinajstić information content (AvgIpc) is 3.82. The average molecular weight is 771 g/mol. The maximum atomic E-state index is 2.52. The number of rotatable bonds is 4. The highest BCUT2D eigenvalue weighted by Crippen LogP contribution is 2.66. The SMILES string of the molecule is c1ccc(-c2ccc(-c3ccc4c(c3)C3(c5ccccc5-4)c4ccccc4-c4c3c3c5ccccc5c(-c5ccc(-c6ccccc6)cc5)cc3c3ccccc43)cc2)cc1. The third kappa shape index (κ3) is 4.82. The summed E-state index contributed by atoms with van der Waals surface area (Å²) in [6.45, 7) is 0. The molecule has 2 aliphatic rings. The Bertz CT molecular complexity index is 3540. The zero-order chi connectivity index (χ0) is 40.1. The van der Waals surface area contributed by atoms with Crippen LogP contribution in [0.15, 0.2) is 231 Å². The summed E-state index contributed by atoms with van der Waals surface area (Å²) < 4.78 is 0. The highest BCUT2D eigenvalue weighted by Gasteiger charge is 2.53. The Kier molecular flexibility index (Phi) is 7.32. The van der Waals surface area contributed by atoms with Crippen LogP contribution in [-0.2, 0) is 5.41 Å². The van der Waals surface area contributed by atoms with E-state index in [1.807, 2.05) is 0 Å². The van der Waals surface area contributed by atoms with Gasteiger partial charge in [-0.3, -0.25) is 0 Å². The van der Waals surface area contributed by atoms with Gasteiger partial charge in [-0.05, 0) is 133 Å². The third-order valence-corrected chi connectivity index (χ3v) is 13.7. The minimum Gasteiger partial charge on any atom is -0.0622 e. The van der Waals surface area contributed by atoms with Crippen molar-refractivity contribution in [1.82, 2.24) is 0 Å². The fourth-order valence-corrected chi connectivity index (χ4v) is 11.1. The van der Waals surface area contributed by atoms with Crippen molar-refractivity contribution in [3.63, 3.8) is 0 Å². The lowest BCUT2D eigenvalue weighted by atomic mass is 9.68. The van der Waals surface area contributed by atoms with Gasteiger partial charge < -0.3 is 0 Å². The van der Waals surface area contributed by atoms with E-state index in [2.05, 4.69) is 231 Å². The largest absolute Gasteiger partial charge is 0.0732 e. The molecule has 11 aromatic rings. The van der Waals surface area contributed by atoms with Gasteiger partial charge in [-0.1, -0.05) is 218 Å². The molecule has 0 nitrogen and oxygen atoms in total. The monoisotopic (exact) mass is 770 g/mol. The maximum absolute atomic E-state index is 2.52. The van der Waals surface area contributed by atoms with Crippen LogP contribution in [0.4, 0.5) is 0 Å². The zero-order valence-corrected chi connectivity index (χ0v) is 33.4. The van der Waals surface area contributed by atoms with E-state index < -0.39 is 5.41 Å². The van der Waals surface area contributed by atoms with Crippen LogP contribution >= 0.6 is 0 Å². The van der Waals surface area contributed by atoms with Crippen molar-refractivity contribution in [3.8, 4) is 66.8 Å². The molecule has 61 heavy (non-hydrogen) atoms. The summed E-state index contributed by atoms with van der Waals surface area (Å²) >= 11 is 0. The smallest absolute Gasteiger partial charge is 0.0622 e. The Morgan fingerprint density at radius 3 is 1.33 bits per heavy atom. The van der Waals surface area contributed by atoms with Crippen LogP contribution in [0.1, 0.15) is 22.3 Å². The Labute approximate surface area is 355 Å². The van der Waals surface area contributed by atoms with Gasteiger partial charge in [-0.25, -0.2) is 0 Å². The fraction of sp³-hybridized carbons (Fsp3) is 0.0164. The molecule has 1 atom stereocenters. The fourth-order valence-electron chi connectivity index (χ4n) is 11.1. The summed E-state index contributed by atoms with van der Waals surface area (Å²) in [5, 5.41) is 7.77. The maximum Gasteiger partial charge on any atom is 0.0732 e. The van der Waals surface area contributed by atoms with E-state index >= 15 is 0 Å². The van der Waals surface area contributed by atoms with Crippen molar-refractivity contribution in [3.05, 3.63) is 253 Å². The molecular weight excluding hydrogens is 733 g/mol. The molecule has 2 aliphatic carbocycles. The summed E-state index contributed by atoms with van der Waals surface area (Å²) in [6, 6.07) is 86.1. The summed E-state index contributed by atoms with van der Waals surface area (Å²) in [4.78, 5) is 0. The molecule has 282 valence electrons. The van der Waals surface area contributed by atoms with Gasteiger partial charge in [0.25, 0.3) is 0 Å². The van der Waals surface area contributed by atoms with E-state index in [1.165, 1.54) is 121 Å². The molecule has 13 rings (SSSR count). The van der Waals surface area contributed by atoms with E-state index in [0.717, 1.165) is 0 Å². The quantitative estimate of drug-likeness (QED) is 0.156. The molecule has 0 saturated carbocycles. The predicted octanol–water partition coefficient (Wildman–Crippen LogP) is 16.2. The van der Waals surface area contributed by atoms with Crippen molar-refractivity contribution < 1.29 is 0 Å². The van der Waals surface area contributed by atoms with Gasteiger partial charge in [0.2, 0.25) is 0 Å². The molecule has 0 saturated heterocycles. The van der Waals surface area contributed by atoms with Gasteiger partial charge in [0.05, 0.1) is 5.41 Å². The summed E-state index contributed by atoms with van der Waals surface area (Å²) in [7, 11) is 0. The van der Waals surface area contributed by atoms with Crippen LogP contribution in [0.3, 0.4) is 0 Å². The second-order valence-electron chi connectivity index (χ2n) is 16.7. The topological polar surface area (TPSA) is 0 Å². The zero-order valence-electron chi connectivity index (χ0n) is 33.4. The molecule has 0 bridgehead atoms. The van der Waals surface area contributed by atoms with E-state index in [-0.39, 0.29) is 0 Å². The molecule has 0 amide bonds. The van der Waals surface area contributed by atoms with Gasteiger partial charge in [0, 0.05) is 0 Å². The first-order valence-corrected chi connectivity index (χ1v) is 21.3. The highest BCUT2D eigenvalue weighted by atomic mass is 14.5. The Morgan fingerprint density at radius 2 is 0.672 bits per heavy atom. The van der Waals surface area contributed by atoms with Crippen molar-refractivity contribution in [2.75, 3.05) is 0 Å². The molecule has 0 aromatic heterocycles. The summed E-state index contributed by atoms with van der Waals surface area (Å²) in [6.07, 6.45) is 0. The number of benzene rings is 11. The lowest BCUT2D eigenvalue weighted by Crippen LogP contribution is -2.26. The standard InChI is InChI=1S/C61H38/c1-3-15-39(16-4-1)41-27-29-43(30-28-41)45-35-36-49-48-21-11-13-25-55(48)61(57(49)37-45)56-26-14-12-24-52(56)58-51-23-10-8-20-47(51)54-38-53(46-19-7-9-22-50(46)59(54)60(58)61)44-33-31-42(32-34-44)40-17-5-2-6-18-40/h1-38H. The highest BCUT2D eigenvalue weighted by molar-refractivity contribution is 6.28. The second-order valence-corrected chi connectivity index (χ2v) is 16.7. The molecule has 1 unspecified atom stereocenters. The normalized spacial score (nSPS) is 14.6. The van der Waals surface area contributed by atoms with Crippen LogP contribution in [-0.4, -0.2) is 0 Å². The van der Waals surface area contributed by atoms with Crippen LogP contribution < -0.4 is 0 Å². The molecular formula is C61H38. The first kappa shape index (κ1) is 34.1. The molecule has 0 fully saturated rings. The summed E-state index contributed by atoms with van der Waals surface area (Å²) in [5.74, 6) is 0. The van der Waals surface area contributed by atoms with Crippen LogP contribution in [0, 0.1) is 0 Å².